The molecule has 0 heterocycles. The highest BCUT2D eigenvalue weighted by Crippen LogP contribution is 2.45. The molecular weight excluding hydrogens is 320 g/mol. The molecule has 3 rings (SSSR count). The summed E-state index contributed by atoms with van der Waals surface area (Å²) in [6.45, 7) is 8.66. The Kier molecular flexibility index (Phi) is 5.31. The fourth-order valence-electron chi connectivity index (χ4n) is 3.97. The topological polar surface area (TPSA) is 37.3 Å². The lowest BCUT2D eigenvalue weighted by Crippen LogP contribution is -2.02. The van der Waals surface area contributed by atoms with Crippen LogP contribution in [0.5, 0.6) is 0 Å². The Bertz CT molecular complexity index is 841. The van der Waals surface area contributed by atoms with E-state index in [2.05, 4.69) is 70.2 Å². The number of hydrogen-bond acceptors (Lipinski definition) is 1. The first-order valence-corrected chi connectivity index (χ1v) is 9.54. The van der Waals surface area contributed by atoms with Crippen LogP contribution < -0.4 is 0 Å². The van der Waals surface area contributed by atoms with Gasteiger partial charge in [-0.05, 0) is 59.1 Å². The van der Waals surface area contributed by atoms with Gasteiger partial charge >= 0.3 is 5.97 Å². The summed E-state index contributed by atoms with van der Waals surface area (Å²) in [6.07, 6.45) is 1.99. The van der Waals surface area contributed by atoms with Crippen LogP contribution in [-0.4, -0.2) is 11.1 Å². The zero-order valence-corrected chi connectivity index (χ0v) is 16.2. The lowest BCUT2D eigenvalue weighted by Gasteiger charge is -2.16. The molecule has 2 aromatic carbocycles. The fourth-order valence-corrected chi connectivity index (χ4v) is 3.97. The van der Waals surface area contributed by atoms with Crippen LogP contribution >= 0.6 is 0 Å². The number of rotatable bonds is 6. The highest BCUT2D eigenvalue weighted by atomic mass is 16.4. The van der Waals surface area contributed by atoms with E-state index in [0.717, 1.165) is 24.0 Å². The molecular formula is C24H28O2. The van der Waals surface area contributed by atoms with Crippen LogP contribution in [0.15, 0.2) is 48.0 Å². The van der Waals surface area contributed by atoms with Gasteiger partial charge in [0.2, 0.25) is 0 Å². The van der Waals surface area contributed by atoms with Gasteiger partial charge in [0, 0.05) is 5.92 Å². The number of benzene rings is 2. The Morgan fingerprint density at radius 2 is 1.73 bits per heavy atom. The molecule has 0 aliphatic heterocycles. The van der Waals surface area contributed by atoms with Gasteiger partial charge in [-0.1, -0.05) is 68.8 Å². The minimum atomic E-state index is -0.755. The van der Waals surface area contributed by atoms with E-state index in [1.165, 1.54) is 27.8 Å². The zero-order valence-electron chi connectivity index (χ0n) is 16.2. The summed E-state index contributed by atoms with van der Waals surface area (Å²) >= 11 is 0. The molecule has 0 saturated heterocycles. The third kappa shape index (κ3) is 3.60. The summed E-state index contributed by atoms with van der Waals surface area (Å²) in [5.74, 6) is 0.0526. The minimum absolute atomic E-state index is 0.106. The van der Waals surface area contributed by atoms with Crippen LogP contribution in [0.2, 0.25) is 0 Å². The third-order valence-electron chi connectivity index (χ3n) is 5.64. The van der Waals surface area contributed by atoms with E-state index < -0.39 is 5.97 Å². The number of hydrogen-bond donors (Lipinski definition) is 1. The van der Waals surface area contributed by atoms with Crippen molar-refractivity contribution in [3.05, 3.63) is 75.9 Å². The number of allylic oxidation sites excluding steroid dienone is 1. The van der Waals surface area contributed by atoms with Crippen molar-refractivity contribution in [1.82, 2.24) is 0 Å². The van der Waals surface area contributed by atoms with E-state index in [0.29, 0.717) is 5.92 Å². The van der Waals surface area contributed by atoms with Crippen molar-refractivity contribution in [3.8, 4) is 0 Å². The van der Waals surface area contributed by atoms with Crippen molar-refractivity contribution >= 4 is 11.5 Å². The molecule has 0 spiro atoms. The molecule has 1 unspecified atom stereocenters. The predicted molar refractivity (Wildman–Crippen MR) is 108 cm³/mol. The first kappa shape index (κ1) is 18.4. The second-order valence-corrected chi connectivity index (χ2v) is 7.66. The summed E-state index contributed by atoms with van der Waals surface area (Å²) in [5, 5.41) is 9.37. The second kappa shape index (κ2) is 7.49. The van der Waals surface area contributed by atoms with Crippen LogP contribution in [0.25, 0.3) is 5.57 Å². The Hall–Kier alpha value is -2.35. The molecule has 26 heavy (non-hydrogen) atoms. The molecule has 0 saturated carbocycles. The third-order valence-corrected chi connectivity index (χ3v) is 5.64. The predicted octanol–water partition coefficient (Wildman–Crippen LogP) is 5.96. The van der Waals surface area contributed by atoms with Crippen LogP contribution in [0.4, 0.5) is 0 Å². The van der Waals surface area contributed by atoms with Crippen molar-refractivity contribution in [2.75, 3.05) is 0 Å². The molecule has 1 aliphatic carbocycles. The van der Waals surface area contributed by atoms with Crippen LogP contribution in [0.1, 0.15) is 73.8 Å². The second-order valence-electron chi connectivity index (χ2n) is 7.66. The zero-order chi connectivity index (χ0) is 18.8. The summed E-state index contributed by atoms with van der Waals surface area (Å²) in [7, 11) is 0. The van der Waals surface area contributed by atoms with E-state index in [9.17, 15) is 9.90 Å². The molecule has 2 nitrogen and oxygen atoms in total. The monoisotopic (exact) mass is 348 g/mol. The van der Waals surface area contributed by atoms with Crippen LogP contribution in [0, 0.1) is 0 Å². The average Bonchev–Trinajstić information content (AvgIpc) is 2.87. The van der Waals surface area contributed by atoms with Crippen molar-refractivity contribution in [2.24, 2.45) is 0 Å². The van der Waals surface area contributed by atoms with E-state index in [4.69, 9.17) is 0 Å². The average molecular weight is 348 g/mol. The van der Waals surface area contributed by atoms with Gasteiger partial charge in [0.05, 0.1) is 6.42 Å². The first-order valence-electron chi connectivity index (χ1n) is 9.54. The molecule has 0 fully saturated rings. The molecule has 2 aromatic rings. The SMILES string of the molecule is CCc1ccc2c(c1)C(CC(=O)O)=C(C)C2Cc1ccc(C(C)C)cc1. The highest BCUT2D eigenvalue weighted by Gasteiger charge is 2.29. The highest BCUT2D eigenvalue weighted by molar-refractivity contribution is 5.89. The summed E-state index contributed by atoms with van der Waals surface area (Å²) < 4.78 is 0. The summed E-state index contributed by atoms with van der Waals surface area (Å²) in [5.41, 5.74) is 8.57. The molecule has 1 aliphatic rings. The van der Waals surface area contributed by atoms with Crippen molar-refractivity contribution < 1.29 is 9.90 Å². The van der Waals surface area contributed by atoms with Crippen molar-refractivity contribution in [2.45, 2.75) is 58.8 Å². The number of carbonyl (C=O) groups is 1. The van der Waals surface area contributed by atoms with E-state index in [1.807, 2.05) is 0 Å². The molecule has 0 radical (unpaired) electrons. The smallest absolute Gasteiger partial charge is 0.307 e. The molecule has 0 amide bonds. The molecule has 1 atom stereocenters. The Balaban J connectivity index is 1.96. The van der Waals surface area contributed by atoms with Gasteiger partial charge in [0.15, 0.2) is 0 Å². The van der Waals surface area contributed by atoms with Gasteiger partial charge in [0.25, 0.3) is 0 Å². The van der Waals surface area contributed by atoms with Gasteiger partial charge in [-0.2, -0.15) is 0 Å². The number of carboxylic acids is 1. The van der Waals surface area contributed by atoms with Gasteiger partial charge in [-0.25, -0.2) is 0 Å². The van der Waals surface area contributed by atoms with Crippen LogP contribution in [0.3, 0.4) is 0 Å². The molecule has 0 bridgehead atoms. The molecule has 0 aromatic heterocycles. The maximum atomic E-state index is 11.4. The molecule has 136 valence electrons. The summed E-state index contributed by atoms with van der Waals surface area (Å²) in [6, 6.07) is 15.5. The normalized spacial score (nSPS) is 16.3. The van der Waals surface area contributed by atoms with Crippen LogP contribution in [-0.2, 0) is 17.6 Å². The van der Waals surface area contributed by atoms with Gasteiger partial charge in [0.1, 0.15) is 0 Å². The summed E-state index contributed by atoms with van der Waals surface area (Å²) in [4.78, 5) is 11.4. The standard InChI is InChI=1S/C24H28O2/c1-5-17-8-11-20-21(13-18-6-9-19(10-7-18)15(2)3)16(4)22(14-24(25)26)23(20)12-17/h6-12,15,21H,5,13-14H2,1-4H3,(H,25,26). The lowest BCUT2D eigenvalue weighted by molar-refractivity contribution is -0.135. The maximum absolute atomic E-state index is 11.4. The number of carboxylic acid groups (broad SMARTS) is 1. The van der Waals surface area contributed by atoms with Gasteiger partial charge in [-0.3, -0.25) is 4.79 Å². The molecule has 2 heteroatoms. The quantitative estimate of drug-likeness (QED) is 0.699. The van der Waals surface area contributed by atoms with E-state index >= 15 is 0 Å². The Labute approximate surface area is 156 Å². The maximum Gasteiger partial charge on any atom is 0.307 e. The number of fused-ring (bicyclic) bond motifs is 1. The first-order chi connectivity index (χ1) is 12.4. The van der Waals surface area contributed by atoms with Crippen molar-refractivity contribution in [3.63, 3.8) is 0 Å². The Morgan fingerprint density at radius 3 is 2.31 bits per heavy atom. The van der Waals surface area contributed by atoms with Gasteiger partial charge in [-0.15, -0.1) is 0 Å². The minimum Gasteiger partial charge on any atom is -0.481 e. The fraction of sp³-hybridized carbons (Fsp3) is 0.375. The lowest BCUT2D eigenvalue weighted by atomic mass is 9.88. The number of aliphatic carboxylic acids is 1. The Morgan fingerprint density at radius 1 is 1.08 bits per heavy atom. The van der Waals surface area contributed by atoms with E-state index in [-0.39, 0.29) is 12.3 Å². The number of aryl methyl sites for hydroxylation is 1. The van der Waals surface area contributed by atoms with Crippen molar-refractivity contribution in [1.29, 1.82) is 0 Å². The van der Waals surface area contributed by atoms with Gasteiger partial charge < -0.3 is 5.11 Å². The molecule has 1 N–H and O–H groups in total. The largest absolute Gasteiger partial charge is 0.481 e. The van der Waals surface area contributed by atoms with E-state index in [1.54, 1.807) is 0 Å².